The van der Waals surface area contributed by atoms with E-state index in [1.807, 2.05) is 0 Å². The topological polar surface area (TPSA) is 46.2 Å². The van der Waals surface area contributed by atoms with E-state index in [-0.39, 0.29) is 5.41 Å². The first-order chi connectivity index (χ1) is 8.32. The van der Waals surface area contributed by atoms with Gasteiger partial charge >= 0.3 is 0 Å². The highest BCUT2D eigenvalue weighted by atomic mass is 16.2. The normalized spacial score (nSPS) is 22.7. The van der Waals surface area contributed by atoms with Crippen LogP contribution in [0, 0.1) is 0 Å². The number of aliphatic hydroxyl groups excluding tert-OH is 1. The zero-order valence-electron chi connectivity index (χ0n) is 10.5. The SMILES string of the molecule is NCC1(CCCCCO)CCc2ccccc21. The van der Waals surface area contributed by atoms with E-state index in [2.05, 4.69) is 24.3 Å². The lowest BCUT2D eigenvalue weighted by Gasteiger charge is -2.29. The lowest BCUT2D eigenvalue weighted by atomic mass is 9.77. The summed E-state index contributed by atoms with van der Waals surface area (Å²) < 4.78 is 0. The van der Waals surface area contributed by atoms with E-state index in [1.165, 1.54) is 36.8 Å². The average molecular weight is 233 g/mol. The van der Waals surface area contributed by atoms with E-state index < -0.39 is 0 Å². The first-order valence-corrected chi connectivity index (χ1v) is 6.72. The van der Waals surface area contributed by atoms with Crippen molar-refractivity contribution < 1.29 is 5.11 Å². The molecular formula is C15H23NO. The number of hydrogen-bond acceptors (Lipinski definition) is 2. The van der Waals surface area contributed by atoms with E-state index in [1.54, 1.807) is 0 Å². The lowest BCUT2D eigenvalue weighted by molar-refractivity contribution is 0.278. The van der Waals surface area contributed by atoms with Gasteiger partial charge in [0.1, 0.15) is 0 Å². The van der Waals surface area contributed by atoms with Crippen molar-refractivity contribution >= 4 is 0 Å². The van der Waals surface area contributed by atoms with Crippen molar-refractivity contribution in [1.29, 1.82) is 0 Å². The van der Waals surface area contributed by atoms with E-state index >= 15 is 0 Å². The van der Waals surface area contributed by atoms with E-state index in [4.69, 9.17) is 10.8 Å². The second-order valence-corrected chi connectivity index (χ2v) is 5.18. The minimum atomic E-state index is 0.214. The Morgan fingerprint density at radius 2 is 2.00 bits per heavy atom. The van der Waals surface area contributed by atoms with E-state index in [0.717, 1.165) is 19.4 Å². The van der Waals surface area contributed by atoms with Crippen LogP contribution in [0.3, 0.4) is 0 Å². The molecule has 0 saturated heterocycles. The number of nitrogens with two attached hydrogens (primary N) is 1. The highest BCUT2D eigenvalue weighted by molar-refractivity contribution is 5.39. The quantitative estimate of drug-likeness (QED) is 0.741. The Morgan fingerprint density at radius 3 is 2.76 bits per heavy atom. The van der Waals surface area contributed by atoms with Crippen molar-refractivity contribution in [1.82, 2.24) is 0 Å². The molecule has 1 atom stereocenters. The molecule has 0 saturated carbocycles. The largest absolute Gasteiger partial charge is 0.396 e. The summed E-state index contributed by atoms with van der Waals surface area (Å²) in [7, 11) is 0. The Kier molecular flexibility index (Phi) is 4.19. The standard InChI is InChI=1S/C15H23NO/c16-12-15(9-4-1-5-11-17)10-8-13-6-2-3-7-14(13)15/h2-3,6-7,17H,1,4-5,8-12,16H2. The molecule has 0 aliphatic heterocycles. The maximum Gasteiger partial charge on any atom is 0.0431 e. The maximum atomic E-state index is 8.81. The van der Waals surface area contributed by atoms with Crippen LogP contribution in [0.4, 0.5) is 0 Å². The molecule has 0 bridgehead atoms. The monoisotopic (exact) mass is 233 g/mol. The summed E-state index contributed by atoms with van der Waals surface area (Å²) in [5.74, 6) is 0. The number of unbranched alkanes of at least 4 members (excludes halogenated alkanes) is 2. The molecule has 2 nitrogen and oxygen atoms in total. The van der Waals surface area contributed by atoms with Gasteiger partial charge in [-0.25, -0.2) is 0 Å². The third-order valence-corrected chi connectivity index (χ3v) is 4.17. The first-order valence-electron chi connectivity index (χ1n) is 6.72. The summed E-state index contributed by atoms with van der Waals surface area (Å²) in [4.78, 5) is 0. The van der Waals surface area contributed by atoms with Crippen molar-refractivity contribution in [2.45, 2.75) is 43.9 Å². The van der Waals surface area contributed by atoms with Crippen LogP contribution in [0.5, 0.6) is 0 Å². The molecule has 0 fully saturated rings. The number of aliphatic hydroxyl groups is 1. The summed E-state index contributed by atoms with van der Waals surface area (Å²) in [5, 5.41) is 8.81. The molecule has 1 aliphatic rings. The third kappa shape index (κ3) is 2.53. The number of benzene rings is 1. The van der Waals surface area contributed by atoms with E-state index in [9.17, 15) is 0 Å². The number of rotatable bonds is 6. The summed E-state index contributed by atoms with van der Waals surface area (Å²) in [5.41, 5.74) is 9.23. The molecule has 1 unspecified atom stereocenters. The van der Waals surface area contributed by atoms with E-state index in [0.29, 0.717) is 6.61 Å². The van der Waals surface area contributed by atoms with Crippen LogP contribution in [0.2, 0.25) is 0 Å². The minimum absolute atomic E-state index is 0.214. The Balaban J connectivity index is 2.06. The van der Waals surface area contributed by atoms with Gasteiger partial charge in [0.05, 0.1) is 0 Å². The number of fused-ring (bicyclic) bond motifs is 1. The van der Waals surface area contributed by atoms with Crippen LogP contribution in [0.25, 0.3) is 0 Å². The van der Waals surface area contributed by atoms with Crippen molar-refractivity contribution in [3.63, 3.8) is 0 Å². The van der Waals surface area contributed by atoms with Crippen molar-refractivity contribution in [2.75, 3.05) is 13.2 Å². The number of aryl methyl sites for hydroxylation is 1. The lowest BCUT2D eigenvalue weighted by Crippen LogP contribution is -2.32. The smallest absolute Gasteiger partial charge is 0.0431 e. The predicted octanol–water partition coefficient (Wildman–Crippen LogP) is 2.38. The molecule has 0 aromatic heterocycles. The Morgan fingerprint density at radius 1 is 1.18 bits per heavy atom. The van der Waals surface area contributed by atoms with Crippen LogP contribution in [0.1, 0.15) is 43.2 Å². The fourth-order valence-corrected chi connectivity index (χ4v) is 3.09. The summed E-state index contributed by atoms with van der Waals surface area (Å²) >= 11 is 0. The molecule has 0 spiro atoms. The van der Waals surface area contributed by atoms with Crippen molar-refractivity contribution in [2.24, 2.45) is 5.73 Å². The maximum absolute atomic E-state index is 8.81. The Bertz CT molecular complexity index is 364. The molecule has 17 heavy (non-hydrogen) atoms. The highest BCUT2D eigenvalue weighted by Crippen LogP contribution is 2.41. The van der Waals surface area contributed by atoms with Gasteiger partial charge in [0.25, 0.3) is 0 Å². The Labute approximate surface area is 104 Å². The fraction of sp³-hybridized carbons (Fsp3) is 0.600. The Hall–Kier alpha value is -0.860. The predicted molar refractivity (Wildman–Crippen MR) is 71.0 cm³/mol. The van der Waals surface area contributed by atoms with Gasteiger partial charge in [-0.15, -0.1) is 0 Å². The van der Waals surface area contributed by atoms with Gasteiger partial charge in [-0.05, 0) is 36.8 Å². The van der Waals surface area contributed by atoms with Gasteiger partial charge in [0.15, 0.2) is 0 Å². The first kappa shape index (κ1) is 12.6. The third-order valence-electron chi connectivity index (χ3n) is 4.17. The van der Waals surface area contributed by atoms with Gasteiger partial charge < -0.3 is 10.8 Å². The molecule has 0 heterocycles. The molecule has 0 amide bonds. The van der Waals surface area contributed by atoms with Gasteiger partial charge in [-0.3, -0.25) is 0 Å². The highest BCUT2D eigenvalue weighted by Gasteiger charge is 2.36. The molecule has 0 radical (unpaired) electrons. The van der Waals surface area contributed by atoms with Crippen LogP contribution >= 0.6 is 0 Å². The van der Waals surface area contributed by atoms with Crippen molar-refractivity contribution in [3.05, 3.63) is 35.4 Å². The van der Waals surface area contributed by atoms with Gasteiger partial charge in [-0.2, -0.15) is 0 Å². The van der Waals surface area contributed by atoms with Crippen LogP contribution in [-0.2, 0) is 11.8 Å². The zero-order chi connectivity index (χ0) is 12.1. The number of hydrogen-bond donors (Lipinski definition) is 2. The van der Waals surface area contributed by atoms with Gasteiger partial charge in [-0.1, -0.05) is 37.1 Å². The van der Waals surface area contributed by atoms with Crippen LogP contribution in [-0.4, -0.2) is 18.3 Å². The van der Waals surface area contributed by atoms with Gasteiger partial charge in [0.2, 0.25) is 0 Å². The second kappa shape index (κ2) is 5.65. The molecule has 3 N–H and O–H groups in total. The average Bonchev–Trinajstić information content (AvgIpc) is 2.75. The molecule has 1 aromatic carbocycles. The zero-order valence-corrected chi connectivity index (χ0v) is 10.5. The van der Waals surface area contributed by atoms with Crippen molar-refractivity contribution in [3.8, 4) is 0 Å². The second-order valence-electron chi connectivity index (χ2n) is 5.18. The fourth-order valence-electron chi connectivity index (χ4n) is 3.09. The summed E-state index contributed by atoms with van der Waals surface area (Å²) in [6, 6.07) is 8.74. The molecule has 2 rings (SSSR count). The molecule has 94 valence electrons. The van der Waals surface area contributed by atoms with Crippen LogP contribution < -0.4 is 5.73 Å². The van der Waals surface area contributed by atoms with Gasteiger partial charge in [0, 0.05) is 18.6 Å². The molecular weight excluding hydrogens is 210 g/mol. The summed E-state index contributed by atoms with van der Waals surface area (Å²) in [6.45, 7) is 1.06. The minimum Gasteiger partial charge on any atom is -0.396 e. The molecule has 1 aromatic rings. The van der Waals surface area contributed by atoms with Crippen LogP contribution in [0.15, 0.2) is 24.3 Å². The molecule has 1 aliphatic carbocycles. The molecule has 2 heteroatoms. The summed E-state index contributed by atoms with van der Waals surface area (Å²) in [6.07, 6.45) is 6.74.